The van der Waals surface area contributed by atoms with Crippen LogP contribution in [0.25, 0.3) is 11.0 Å². The Morgan fingerprint density at radius 3 is 2.57 bits per heavy atom. The van der Waals surface area contributed by atoms with Crippen molar-refractivity contribution in [3.63, 3.8) is 0 Å². The van der Waals surface area contributed by atoms with Crippen molar-refractivity contribution >= 4 is 32.7 Å². The Labute approximate surface area is 177 Å². The fourth-order valence-corrected chi connectivity index (χ4v) is 4.82. The Kier molecular flexibility index (Phi) is 6.89. The molecule has 0 fully saturated rings. The zero-order valence-electron chi connectivity index (χ0n) is 17.6. The number of carbonyl (C=O) groups is 1. The molecule has 0 radical (unpaired) electrons. The molecule has 0 saturated heterocycles. The molecule has 3 aromatic rings. The van der Waals surface area contributed by atoms with Crippen molar-refractivity contribution in [2.45, 2.75) is 44.9 Å². The SMILES string of the molecule is CCCCc1nc2ccc(NC(=O)c3cccc(S(=O)(=O)N(CC)CC)c3)cc2[nH]1. The van der Waals surface area contributed by atoms with E-state index in [4.69, 9.17) is 0 Å². The molecule has 0 aliphatic heterocycles. The standard InChI is InChI=1S/C22H28N4O3S/c1-4-7-11-21-24-19-13-12-17(15-20(19)25-21)23-22(27)16-9-8-10-18(14-16)30(28,29)26(5-2)6-3/h8-10,12-15H,4-7,11H2,1-3H3,(H,23,27)(H,24,25). The van der Waals surface area contributed by atoms with Crippen molar-refractivity contribution < 1.29 is 13.2 Å². The largest absolute Gasteiger partial charge is 0.342 e. The van der Waals surface area contributed by atoms with E-state index >= 15 is 0 Å². The average molecular weight is 429 g/mol. The molecule has 2 N–H and O–H groups in total. The number of aromatic amines is 1. The van der Waals surface area contributed by atoms with Crippen molar-refractivity contribution in [2.24, 2.45) is 0 Å². The molecule has 0 unspecified atom stereocenters. The summed E-state index contributed by atoms with van der Waals surface area (Å²) >= 11 is 0. The summed E-state index contributed by atoms with van der Waals surface area (Å²) in [6.45, 7) is 6.46. The highest BCUT2D eigenvalue weighted by atomic mass is 32.2. The Hall–Kier alpha value is -2.71. The number of fused-ring (bicyclic) bond motifs is 1. The molecule has 1 amide bonds. The number of aryl methyl sites for hydroxylation is 1. The number of hydrogen-bond acceptors (Lipinski definition) is 4. The van der Waals surface area contributed by atoms with Gasteiger partial charge >= 0.3 is 0 Å². The second-order valence-corrected chi connectivity index (χ2v) is 9.03. The molecule has 30 heavy (non-hydrogen) atoms. The third kappa shape index (κ3) is 4.71. The summed E-state index contributed by atoms with van der Waals surface area (Å²) in [6, 6.07) is 11.6. The number of nitrogens with one attached hydrogen (secondary N) is 2. The van der Waals surface area contributed by atoms with Crippen LogP contribution in [-0.2, 0) is 16.4 Å². The van der Waals surface area contributed by atoms with Crippen molar-refractivity contribution in [2.75, 3.05) is 18.4 Å². The maximum Gasteiger partial charge on any atom is 0.255 e. The number of anilines is 1. The molecule has 3 rings (SSSR count). The van der Waals surface area contributed by atoms with Crippen LogP contribution in [0.4, 0.5) is 5.69 Å². The van der Waals surface area contributed by atoms with Crippen LogP contribution in [0, 0.1) is 0 Å². The number of nitrogens with zero attached hydrogens (tertiary/aromatic N) is 2. The lowest BCUT2D eigenvalue weighted by Crippen LogP contribution is -2.30. The molecule has 0 aliphatic carbocycles. The maximum absolute atomic E-state index is 12.7. The van der Waals surface area contributed by atoms with Gasteiger partial charge in [0.25, 0.3) is 5.91 Å². The molecule has 0 spiro atoms. The van der Waals surface area contributed by atoms with Crippen LogP contribution in [0.5, 0.6) is 0 Å². The van der Waals surface area contributed by atoms with Crippen LogP contribution in [0.1, 0.15) is 49.8 Å². The molecule has 1 heterocycles. The molecule has 160 valence electrons. The first-order valence-corrected chi connectivity index (χ1v) is 11.7. The van der Waals surface area contributed by atoms with Crippen molar-refractivity contribution in [3.8, 4) is 0 Å². The van der Waals surface area contributed by atoms with Gasteiger partial charge in [-0.05, 0) is 42.8 Å². The van der Waals surface area contributed by atoms with E-state index in [1.54, 1.807) is 32.0 Å². The van der Waals surface area contributed by atoms with E-state index in [0.717, 1.165) is 36.1 Å². The number of aromatic nitrogens is 2. The maximum atomic E-state index is 12.7. The van der Waals surface area contributed by atoms with Crippen molar-refractivity contribution in [1.29, 1.82) is 0 Å². The molecule has 8 heteroatoms. The molecule has 0 saturated carbocycles. The summed E-state index contributed by atoms with van der Waals surface area (Å²) in [5, 5.41) is 2.84. The van der Waals surface area contributed by atoms with Gasteiger partial charge in [-0.25, -0.2) is 13.4 Å². The third-order valence-corrected chi connectivity index (χ3v) is 7.04. The van der Waals surface area contributed by atoms with E-state index in [2.05, 4.69) is 22.2 Å². The van der Waals surface area contributed by atoms with Gasteiger partial charge in [0.15, 0.2) is 0 Å². The van der Waals surface area contributed by atoms with Crippen LogP contribution < -0.4 is 5.32 Å². The number of benzene rings is 2. The number of unbranched alkanes of at least 4 members (excludes halogenated alkanes) is 1. The lowest BCUT2D eigenvalue weighted by molar-refractivity contribution is 0.102. The van der Waals surface area contributed by atoms with Crippen LogP contribution in [0.15, 0.2) is 47.4 Å². The summed E-state index contributed by atoms with van der Waals surface area (Å²) in [6.07, 6.45) is 3.05. The van der Waals surface area contributed by atoms with Gasteiger partial charge < -0.3 is 10.3 Å². The Bertz CT molecular complexity index is 1130. The lowest BCUT2D eigenvalue weighted by Gasteiger charge is -2.18. The highest BCUT2D eigenvalue weighted by Gasteiger charge is 2.22. The van der Waals surface area contributed by atoms with E-state index in [9.17, 15) is 13.2 Å². The number of carbonyl (C=O) groups excluding carboxylic acids is 1. The number of H-pyrrole nitrogens is 1. The Morgan fingerprint density at radius 2 is 1.87 bits per heavy atom. The number of sulfonamides is 1. The highest BCUT2D eigenvalue weighted by Crippen LogP contribution is 2.21. The van der Waals surface area contributed by atoms with E-state index in [1.807, 2.05) is 12.1 Å². The van der Waals surface area contributed by atoms with Gasteiger partial charge in [0.2, 0.25) is 10.0 Å². The van der Waals surface area contributed by atoms with Crippen LogP contribution in [-0.4, -0.2) is 41.7 Å². The van der Waals surface area contributed by atoms with E-state index in [1.165, 1.54) is 16.4 Å². The predicted octanol–water partition coefficient (Wildman–Crippen LogP) is 4.19. The molecule has 1 aromatic heterocycles. The monoisotopic (exact) mass is 428 g/mol. The minimum atomic E-state index is -3.62. The summed E-state index contributed by atoms with van der Waals surface area (Å²) < 4.78 is 26.8. The van der Waals surface area contributed by atoms with Gasteiger partial charge in [-0.15, -0.1) is 0 Å². The molecule has 0 bridgehead atoms. The first-order valence-electron chi connectivity index (χ1n) is 10.3. The normalized spacial score (nSPS) is 11.9. The van der Waals surface area contributed by atoms with E-state index < -0.39 is 10.0 Å². The lowest BCUT2D eigenvalue weighted by atomic mass is 10.2. The minimum absolute atomic E-state index is 0.114. The quantitative estimate of drug-likeness (QED) is 0.534. The van der Waals surface area contributed by atoms with Crippen molar-refractivity contribution in [3.05, 3.63) is 53.9 Å². The zero-order valence-corrected chi connectivity index (χ0v) is 18.4. The van der Waals surface area contributed by atoms with Gasteiger partial charge in [-0.1, -0.05) is 33.3 Å². The van der Waals surface area contributed by atoms with Crippen LogP contribution in [0.2, 0.25) is 0 Å². The predicted molar refractivity (Wildman–Crippen MR) is 119 cm³/mol. The number of hydrogen-bond donors (Lipinski definition) is 2. The topological polar surface area (TPSA) is 95.2 Å². The molecule has 2 aromatic carbocycles. The van der Waals surface area contributed by atoms with Crippen molar-refractivity contribution in [1.82, 2.24) is 14.3 Å². The average Bonchev–Trinajstić information content (AvgIpc) is 3.15. The van der Waals surface area contributed by atoms with E-state index in [-0.39, 0.29) is 16.4 Å². The summed E-state index contributed by atoms with van der Waals surface area (Å²) in [5.41, 5.74) is 2.62. The third-order valence-electron chi connectivity index (χ3n) is 5.00. The zero-order chi connectivity index (χ0) is 21.7. The first kappa shape index (κ1) is 22.0. The molecule has 0 aliphatic rings. The summed E-state index contributed by atoms with van der Waals surface area (Å²) in [5.74, 6) is 0.571. The summed E-state index contributed by atoms with van der Waals surface area (Å²) in [4.78, 5) is 20.7. The van der Waals surface area contributed by atoms with E-state index in [0.29, 0.717) is 18.8 Å². The van der Waals surface area contributed by atoms with Gasteiger partial charge in [-0.3, -0.25) is 4.79 Å². The molecular formula is C22H28N4O3S. The van der Waals surface area contributed by atoms with Gasteiger partial charge in [-0.2, -0.15) is 4.31 Å². The van der Waals surface area contributed by atoms with Gasteiger partial charge in [0, 0.05) is 30.8 Å². The Morgan fingerprint density at radius 1 is 1.10 bits per heavy atom. The smallest absolute Gasteiger partial charge is 0.255 e. The fourth-order valence-electron chi connectivity index (χ4n) is 3.32. The van der Waals surface area contributed by atoms with Gasteiger partial charge in [0.05, 0.1) is 15.9 Å². The first-order chi connectivity index (χ1) is 14.4. The van der Waals surface area contributed by atoms with Crippen LogP contribution >= 0.6 is 0 Å². The molecular weight excluding hydrogens is 400 g/mol. The van der Waals surface area contributed by atoms with Gasteiger partial charge in [0.1, 0.15) is 5.82 Å². The second-order valence-electron chi connectivity index (χ2n) is 7.09. The second kappa shape index (κ2) is 9.40. The number of imidazole rings is 1. The van der Waals surface area contributed by atoms with Crippen LogP contribution in [0.3, 0.4) is 0 Å². The summed E-state index contributed by atoms with van der Waals surface area (Å²) in [7, 11) is -3.62. The number of rotatable bonds is 9. The molecule has 0 atom stereocenters. The minimum Gasteiger partial charge on any atom is -0.342 e. The Balaban J connectivity index is 1.80. The molecule has 7 nitrogen and oxygen atoms in total. The fraction of sp³-hybridized carbons (Fsp3) is 0.364. The number of amides is 1. The highest BCUT2D eigenvalue weighted by molar-refractivity contribution is 7.89.